The van der Waals surface area contributed by atoms with E-state index in [1.165, 1.54) is 6.07 Å². The van der Waals surface area contributed by atoms with Crippen molar-refractivity contribution in [3.63, 3.8) is 0 Å². The van der Waals surface area contributed by atoms with Gasteiger partial charge in [-0.3, -0.25) is 15.1 Å². The molecule has 2 rings (SSSR count). The Balaban J connectivity index is 2.34. The summed E-state index contributed by atoms with van der Waals surface area (Å²) >= 11 is 3.20. The summed E-state index contributed by atoms with van der Waals surface area (Å²) in [5, 5.41) is 11.1. The predicted octanol–water partition coefficient (Wildman–Crippen LogP) is 3.17. The maximum Gasteiger partial charge on any atom is 0.312 e. The van der Waals surface area contributed by atoms with Crippen LogP contribution in [-0.4, -0.2) is 21.4 Å². The Morgan fingerprint density at radius 2 is 2.20 bits per heavy atom. The highest BCUT2D eigenvalue weighted by Gasteiger charge is 2.21. The summed E-state index contributed by atoms with van der Waals surface area (Å²) < 4.78 is 0.585. The van der Waals surface area contributed by atoms with Gasteiger partial charge in [0.2, 0.25) is 5.82 Å². The van der Waals surface area contributed by atoms with E-state index >= 15 is 0 Å². The topological polar surface area (TPSA) is 72.2 Å². The largest absolute Gasteiger partial charge is 0.345 e. The Labute approximate surface area is 124 Å². The van der Waals surface area contributed by atoms with Crippen molar-refractivity contribution in [2.75, 3.05) is 11.4 Å². The lowest BCUT2D eigenvalue weighted by molar-refractivity contribution is -0.384. The summed E-state index contributed by atoms with van der Waals surface area (Å²) in [6.07, 6.45) is 3.26. The minimum Gasteiger partial charge on any atom is -0.345 e. The van der Waals surface area contributed by atoms with Crippen molar-refractivity contribution >= 4 is 27.4 Å². The Kier molecular flexibility index (Phi) is 4.62. The van der Waals surface area contributed by atoms with E-state index in [4.69, 9.17) is 0 Å². The molecule has 0 aliphatic rings. The van der Waals surface area contributed by atoms with Gasteiger partial charge in [0.05, 0.1) is 17.2 Å². The molecule has 2 aromatic rings. The van der Waals surface area contributed by atoms with E-state index in [2.05, 4.69) is 25.9 Å². The molecule has 0 bridgehead atoms. The average molecular weight is 337 g/mol. The van der Waals surface area contributed by atoms with Gasteiger partial charge in [0, 0.05) is 29.5 Å². The smallest absolute Gasteiger partial charge is 0.312 e. The summed E-state index contributed by atoms with van der Waals surface area (Å²) in [6, 6.07) is 7.07. The zero-order valence-electron chi connectivity index (χ0n) is 10.9. The van der Waals surface area contributed by atoms with Crippen molar-refractivity contribution in [1.29, 1.82) is 0 Å². The third-order valence-corrected chi connectivity index (χ3v) is 3.20. The van der Waals surface area contributed by atoms with Gasteiger partial charge in [-0.1, -0.05) is 6.07 Å². The Morgan fingerprint density at radius 1 is 1.40 bits per heavy atom. The number of aromatic nitrogens is 2. The van der Waals surface area contributed by atoms with Crippen LogP contribution < -0.4 is 4.90 Å². The van der Waals surface area contributed by atoms with Gasteiger partial charge < -0.3 is 4.90 Å². The first-order valence-corrected chi connectivity index (χ1v) is 6.86. The summed E-state index contributed by atoms with van der Waals surface area (Å²) in [6.45, 7) is 3.01. The van der Waals surface area contributed by atoms with E-state index in [9.17, 15) is 10.1 Å². The van der Waals surface area contributed by atoms with Crippen LogP contribution in [0.1, 0.15) is 12.6 Å². The molecule has 0 aromatic carbocycles. The van der Waals surface area contributed by atoms with E-state index in [1.807, 2.05) is 30.0 Å². The molecule has 2 heterocycles. The van der Waals surface area contributed by atoms with Gasteiger partial charge in [-0.15, -0.1) is 0 Å². The van der Waals surface area contributed by atoms with Gasteiger partial charge in [-0.05, 0) is 35.0 Å². The molecule has 104 valence electrons. The van der Waals surface area contributed by atoms with Gasteiger partial charge in [0.15, 0.2) is 0 Å². The van der Waals surface area contributed by atoms with Crippen LogP contribution in [0.4, 0.5) is 11.5 Å². The second kappa shape index (κ2) is 6.42. The van der Waals surface area contributed by atoms with Gasteiger partial charge in [0.1, 0.15) is 0 Å². The first-order chi connectivity index (χ1) is 9.61. The molecule has 6 nitrogen and oxygen atoms in total. The predicted molar refractivity (Wildman–Crippen MR) is 79.6 cm³/mol. The summed E-state index contributed by atoms with van der Waals surface area (Å²) in [5.41, 5.74) is 0.825. The summed E-state index contributed by atoms with van der Waals surface area (Å²) in [5.74, 6) is 0.353. The average Bonchev–Trinajstić information content (AvgIpc) is 2.46. The van der Waals surface area contributed by atoms with E-state index in [0.29, 0.717) is 23.4 Å². The third kappa shape index (κ3) is 3.30. The zero-order chi connectivity index (χ0) is 14.5. The van der Waals surface area contributed by atoms with Crippen molar-refractivity contribution in [3.05, 3.63) is 56.9 Å². The fraction of sp³-hybridized carbons (Fsp3) is 0.231. The van der Waals surface area contributed by atoms with Crippen molar-refractivity contribution < 1.29 is 4.92 Å². The Morgan fingerprint density at radius 3 is 2.80 bits per heavy atom. The summed E-state index contributed by atoms with van der Waals surface area (Å²) in [4.78, 5) is 21.0. The molecule has 20 heavy (non-hydrogen) atoms. The standard InChI is InChI=1S/C13H13BrN4O2/c1-2-17(9-11-5-3-4-6-15-11)13-12(18(19)20)7-10(14)8-16-13/h3-8H,2,9H2,1H3. The lowest BCUT2D eigenvalue weighted by atomic mass is 10.3. The monoisotopic (exact) mass is 336 g/mol. The number of halogens is 1. The molecule has 7 heteroatoms. The van der Waals surface area contributed by atoms with Crippen LogP contribution in [0.2, 0.25) is 0 Å². The molecule has 0 aliphatic heterocycles. The molecule has 0 atom stereocenters. The second-order valence-corrected chi connectivity index (χ2v) is 5.00. The lowest BCUT2D eigenvalue weighted by Crippen LogP contribution is -2.24. The molecule has 0 saturated heterocycles. The number of anilines is 1. The van der Waals surface area contributed by atoms with Crippen LogP contribution in [0.3, 0.4) is 0 Å². The molecule has 2 aromatic heterocycles. The maximum atomic E-state index is 11.1. The maximum absolute atomic E-state index is 11.1. The molecular weight excluding hydrogens is 324 g/mol. The molecule has 0 unspecified atom stereocenters. The Bertz CT molecular complexity index is 607. The Hall–Kier alpha value is -2.02. The molecule has 0 fully saturated rings. The highest BCUT2D eigenvalue weighted by Crippen LogP contribution is 2.29. The fourth-order valence-electron chi connectivity index (χ4n) is 1.82. The van der Waals surface area contributed by atoms with Gasteiger partial charge >= 0.3 is 5.69 Å². The molecular formula is C13H13BrN4O2. The highest BCUT2D eigenvalue weighted by molar-refractivity contribution is 9.10. The second-order valence-electron chi connectivity index (χ2n) is 4.09. The quantitative estimate of drug-likeness (QED) is 0.619. The van der Waals surface area contributed by atoms with Crippen molar-refractivity contribution in [1.82, 2.24) is 9.97 Å². The molecule has 0 amide bonds. The van der Waals surface area contributed by atoms with E-state index in [-0.39, 0.29) is 5.69 Å². The van der Waals surface area contributed by atoms with E-state index in [0.717, 1.165) is 5.69 Å². The van der Waals surface area contributed by atoms with Crippen LogP contribution in [0.15, 0.2) is 41.1 Å². The first-order valence-electron chi connectivity index (χ1n) is 6.06. The molecule has 0 radical (unpaired) electrons. The van der Waals surface area contributed by atoms with Crippen LogP contribution in [0.5, 0.6) is 0 Å². The van der Waals surface area contributed by atoms with Crippen LogP contribution in [-0.2, 0) is 6.54 Å². The van der Waals surface area contributed by atoms with Crippen LogP contribution in [0.25, 0.3) is 0 Å². The molecule has 0 N–H and O–H groups in total. The number of hydrogen-bond acceptors (Lipinski definition) is 5. The zero-order valence-corrected chi connectivity index (χ0v) is 12.4. The van der Waals surface area contributed by atoms with Crippen molar-refractivity contribution in [3.8, 4) is 0 Å². The van der Waals surface area contributed by atoms with Gasteiger partial charge in [0.25, 0.3) is 0 Å². The van der Waals surface area contributed by atoms with Crippen LogP contribution >= 0.6 is 15.9 Å². The number of rotatable bonds is 5. The number of pyridine rings is 2. The van der Waals surface area contributed by atoms with E-state index in [1.54, 1.807) is 12.4 Å². The minimum atomic E-state index is -0.422. The van der Waals surface area contributed by atoms with Gasteiger partial charge in [-0.2, -0.15) is 0 Å². The molecule has 0 aliphatic carbocycles. The molecule has 0 spiro atoms. The highest BCUT2D eigenvalue weighted by atomic mass is 79.9. The third-order valence-electron chi connectivity index (χ3n) is 2.77. The molecule has 0 saturated carbocycles. The SMILES string of the molecule is CCN(Cc1ccccn1)c1ncc(Br)cc1[N+](=O)[O-]. The number of nitrogens with zero attached hydrogens (tertiary/aromatic N) is 4. The summed E-state index contributed by atoms with van der Waals surface area (Å²) in [7, 11) is 0. The van der Waals surface area contributed by atoms with Crippen LogP contribution in [0, 0.1) is 10.1 Å². The van der Waals surface area contributed by atoms with Crippen molar-refractivity contribution in [2.24, 2.45) is 0 Å². The number of nitro groups is 1. The van der Waals surface area contributed by atoms with Gasteiger partial charge in [-0.25, -0.2) is 4.98 Å². The minimum absolute atomic E-state index is 0.0165. The number of hydrogen-bond donors (Lipinski definition) is 0. The normalized spacial score (nSPS) is 10.3. The van der Waals surface area contributed by atoms with E-state index < -0.39 is 4.92 Å². The fourth-order valence-corrected chi connectivity index (χ4v) is 2.14. The first kappa shape index (κ1) is 14.4. The van der Waals surface area contributed by atoms with Crippen molar-refractivity contribution in [2.45, 2.75) is 13.5 Å². The lowest BCUT2D eigenvalue weighted by Gasteiger charge is -2.21.